The van der Waals surface area contributed by atoms with Gasteiger partial charge >= 0.3 is 59.1 Å². The fraction of sp³-hybridized carbons (Fsp3) is 0.625. The van der Waals surface area contributed by atoms with E-state index in [2.05, 4.69) is 17.9 Å². The Bertz CT molecular complexity index is 280. The Kier molecular flexibility index (Phi) is 19.5. The number of amides is 1. The largest absolute Gasteiger partial charge is 1.00 e. The molecule has 0 aliphatic rings. The molecule has 0 radical (unpaired) electrons. The molecule has 0 aliphatic carbocycles. The van der Waals surface area contributed by atoms with Crippen LogP contribution in [0.4, 0.5) is 0 Å². The molecule has 0 aromatic heterocycles. The molecule has 0 aromatic carbocycles. The van der Waals surface area contributed by atoms with Crippen LogP contribution in [-0.2, 0) is 14.4 Å². The van der Waals surface area contributed by atoms with Gasteiger partial charge in [0.1, 0.15) is 0 Å². The Balaban J connectivity index is -0.00000112. The number of hydrogen-bond acceptors (Lipinski definition) is 7. The molecular formula is C8H11NNa2O5S2. The van der Waals surface area contributed by atoms with Gasteiger partial charge in [0.25, 0.3) is 0 Å². The van der Waals surface area contributed by atoms with Gasteiger partial charge in [-0.3, -0.25) is 4.79 Å². The maximum Gasteiger partial charge on any atom is 1.00 e. The Morgan fingerprint density at radius 2 is 1.72 bits per heavy atom. The molecule has 0 spiro atoms. The Morgan fingerprint density at radius 1 is 1.17 bits per heavy atom. The van der Waals surface area contributed by atoms with Crippen LogP contribution in [-0.4, -0.2) is 41.1 Å². The van der Waals surface area contributed by atoms with Gasteiger partial charge in [-0.15, -0.1) is 11.8 Å². The van der Waals surface area contributed by atoms with Gasteiger partial charge in [-0.2, -0.15) is 12.6 Å². The molecule has 0 heterocycles. The predicted octanol–water partition coefficient (Wildman–Crippen LogP) is -8.97. The van der Waals surface area contributed by atoms with Crippen LogP contribution in [0.25, 0.3) is 0 Å². The summed E-state index contributed by atoms with van der Waals surface area (Å²) >= 11 is 4.68. The van der Waals surface area contributed by atoms with E-state index in [0.29, 0.717) is 5.75 Å². The van der Waals surface area contributed by atoms with E-state index in [-0.39, 0.29) is 77.0 Å². The van der Waals surface area contributed by atoms with Gasteiger partial charge in [0.05, 0.1) is 23.7 Å². The van der Waals surface area contributed by atoms with E-state index >= 15 is 0 Å². The van der Waals surface area contributed by atoms with E-state index in [1.165, 1.54) is 0 Å². The quantitative estimate of drug-likeness (QED) is 0.340. The van der Waals surface area contributed by atoms with E-state index < -0.39 is 23.9 Å². The van der Waals surface area contributed by atoms with Gasteiger partial charge in [0.15, 0.2) is 0 Å². The summed E-state index contributed by atoms with van der Waals surface area (Å²) < 4.78 is 0. The first-order chi connectivity index (χ1) is 7.47. The standard InChI is InChI=1S/C8H13NO5S2.2Na/c10-6(3-16-4-7(11)12)9-5(1-2-15)8(13)14;;/h5,15H,1-4H2,(H,9,10)(H,11,12)(H,13,14);;/q;2*+1/p-2. The van der Waals surface area contributed by atoms with Crippen molar-refractivity contribution in [2.45, 2.75) is 12.5 Å². The Labute approximate surface area is 159 Å². The zero-order chi connectivity index (χ0) is 12.6. The smallest absolute Gasteiger partial charge is 0.549 e. The van der Waals surface area contributed by atoms with Gasteiger partial charge in [0.2, 0.25) is 5.91 Å². The first-order valence-corrected chi connectivity index (χ1v) is 6.14. The van der Waals surface area contributed by atoms with Crippen molar-refractivity contribution in [1.29, 1.82) is 0 Å². The minimum atomic E-state index is -1.38. The molecule has 0 aliphatic heterocycles. The van der Waals surface area contributed by atoms with E-state index in [9.17, 15) is 24.6 Å². The molecule has 6 nitrogen and oxygen atoms in total. The van der Waals surface area contributed by atoms with Gasteiger partial charge in [0, 0.05) is 5.75 Å². The van der Waals surface area contributed by atoms with Crippen molar-refractivity contribution in [1.82, 2.24) is 5.32 Å². The number of carbonyl (C=O) groups excluding carboxylic acids is 3. The zero-order valence-corrected chi connectivity index (χ0v) is 16.0. The molecule has 18 heavy (non-hydrogen) atoms. The fourth-order valence-corrected chi connectivity index (χ4v) is 1.64. The first kappa shape index (κ1) is 24.1. The Hall–Kier alpha value is 1.11. The van der Waals surface area contributed by atoms with E-state index in [4.69, 9.17) is 0 Å². The molecule has 92 valence electrons. The van der Waals surface area contributed by atoms with Crippen LogP contribution in [0.2, 0.25) is 0 Å². The maximum atomic E-state index is 11.2. The number of hydrogen-bond donors (Lipinski definition) is 2. The fourth-order valence-electron chi connectivity index (χ4n) is 0.841. The molecule has 1 unspecified atom stereocenters. The number of carbonyl (C=O) groups is 3. The zero-order valence-electron chi connectivity index (χ0n) is 10.3. The average Bonchev–Trinajstić information content (AvgIpc) is 2.16. The molecule has 0 saturated heterocycles. The number of thioether (sulfide) groups is 1. The Morgan fingerprint density at radius 3 is 2.11 bits per heavy atom. The maximum absolute atomic E-state index is 11.2. The summed E-state index contributed by atoms with van der Waals surface area (Å²) in [6, 6.07) is -1.09. The molecule has 0 saturated carbocycles. The summed E-state index contributed by atoms with van der Waals surface area (Å²) in [5.41, 5.74) is 0. The van der Waals surface area contributed by atoms with Crippen LogP contribution in [0.3, 0.4) is 0 Å². The van der Waals surface area contributed by atoms with Gasteiger partial charge in [-0.05, 0) is 12.2 Å². The summed E-state index contributed by atoms with van der Waals surface area (Å²) in [7, 11) is 0. The van der Waals surface area contributed by atoms with Gasteiger partial charge < -0.3 is 25.1 Å². The van der Waals surface area contributed by atoms with Crippen LogP contribution in [0.1, 0.15) is 6.42 Å². The summed E-state index contributed by atoms with van der Waals surface area (Å²) in [5.74, 6) is -3.36. The summed E-state index contributed by atoms with van der Waals surface area (Å²) in [6.07, 6.45) is 0.155. The monoisotopic (exact) mass is 311 g/mol. The third-order valence-electron chi connectivity index (χ3n) is 1.49. The number of carboxylic acids is 2. The second kappa shape index (κ2) is 14.5. The molecular weight excluding hydrogens is 300 g/mol. The molecule has 1 atom stereocenters. The number of carboxylic acid groups (broad SMARTS) is 2. The van der Waals surface area contributed by atoms with Crippen molar-refractivity contribution >= 4 is 42.2 Å². The molecule has 1 amide bonds. The minimum absolute atomic E-state index is 0. The molecule has 0 bridgehead atoms. The van der Waals surface area contributed by atoms with Crippen LogP contribution < -0.4 is 74.6 Å². The summed E-state index contributed by atoms with van der Waals surface area (Å²) in [5, 5.41) is 22.8. The van der Waals surface area contributed by atoms with E-state index in [0.717, 1.165) is 11.8 Å². The summed E-state index contributed by atoms with van der Waals surface area (Å²) in [6.45, 7) is 0. The number of aliphatic carboxylic acids is 2. The molecule has 0 fully saturated rings. The minimum Gasteiger partial charge on any atom is -0.549 e. The third kappa shape index (κ3) is 13.5. The topological polar surface area (TPSA) is 109 Å². The second-order valence-electron chi connectivity index (χ2n) is 2.82. The number of thiol groups is 1. The van der Waals surface area contributed by atoms with Crippen molar-refractivity contribution in [3.8, 4) is 0 Å². The first-order valence-electron chi connectivity index (χ1n) is 4.36. The number of rotatable bonds is 8. The van der Waals surface area contributed by atoms with Crippen molar-refractivity contribution in [3.05, 3.63) is 0 Å². The summed E-state index contributed by atoms with van der Waals surface area (Å²) in [4.78, 5) is 31.7. The molecule has 0 aromatic rings. The number of nitrogens with one attached hydrogen (secondary N) is 1. The molecule has 0 rings (SSSR count). The van der Waals surface area contributed by atoms with Crippen molar-refractivity contribution < 1.29 is 83.7 Å². The van der Waals surface area contributed by atoms with Crippen LogP contribution in [0, 0.1) is 0 Å². The van der Waals surface area contributed by atoms with Crippen LogP contribution in [0.5, 0.6) is 0 Å². The van der Waals surface area contributed by atoms with E-state index in [1.54, 1.807) is 0 Å². The average molecular weight is 311 g/mol. The van der Waals surface area contributed by atoms with Crippen molar-refractivity contribution in [2.24, 2.45) is 0 Å². The van der Waals surface area contributed by atoms with E-state index in [1.807, 2.05) is 0 Å². The predicted molar refractivity (Wildman–Crippen MR) is 57.7 cm³/mol. The molecule has 1 N–H and O–H groups in total. The normalized spacial score (nSPS) is 10.5. The van der Waals surface area contributed by atoms with Crippen LogP contribution in [0.15, 0.2) is 0 Å². The van der Waals surface area contributed by atoms with Gasteiger partial charge in [-0.25, -0.2) is 0 Å². The van der Waals surface area contributed by atoms with Gasteiger partial charge in [-0.1, -0.05) is 0 Å². The van der Waals surface area contributed by atoms with Crippen molar-refractivity contribution in [3.63, 3.8) is 0 Å². The van der Waals surface area contributed by atoms with Crippen molar-refractivity contribution in [2.75, 3.05) is 17.3 Å². The molecule has 10 heteroatoms. The van der Waals surface area contributed by atoms with Crippen LogP contribution >= 0.6 is 24.4 Å². The third-order valence-corrected chi connectivity index (χ3v) is 2.65. The second-order valence-corrected chi connectivity index (χ2v) is 4.25. The SMILES string of the molecule is O=C([O-])CSCC(=O)NC(CCS)C(=O)[O-].[Na+].[Na+].